The zero-order valence-corrected chi connectivity index (χ0v) is 12.1. The Morgan fingerprint density at radius 2 is 2.25 bits per heavy atom. The van der Waals surface area contributed by atoms with Crippen LogP contribution >= 0.6 is 0 Å². The van der Waals surface area contributed by atoms with Crippen LogP contribution in [0.5, 0.6) is 0 Å². The highest BCUT2D eigenvalue weighted by Gasteiger charge is 2.26. The molecule has 1 aliphatic carbocycles. The van der Waals surface area contributed by atoms with Gasteiger partial charge in [-0.05, 0) is 19.3 Å². The quantitative estimate of drug-likeness (QED) is 0.868. The molecule has 0 aliphatic heterocycles. The average molecular weight is 276 g/mol. The Morgan fingerprint density at radius 1 is 1.50 bits per heavy atom. The maximum Gasteiger partial charge on any atom is 0.320 e. The molecule has 6 heteroatoms. The number of anilines is 1. The van der Waals surface area contributed by atoms with E-state index in [1.807, 2.05) is 20.8 Å². The van der Waals surface area contributed by atoms with Crippen molar-refractivity contribution >= 4 is 11.8 Å². The van der Waals surface area contributed by atoms with Crippen LogP contribution < -0.4 is 10.6 Å². The molecular weight excluding hydrogens is 256 g/mol. The van der Waals surface area contributed by atoms with E-state index in [0.717, 1.165) is 25.0 Å². The van der Waals surface area contributed by atoms with Crippen molar-refractivity contribution in [3.63, 3.8) is 0 Å². The van der Waals surface area contributed by atoms with Crippen molar-refractivity contribution in [2.45, 2.75) is 51.5 Å². The number of nitriles is 1. The van der Waals surface area contributed by atoms with Crippen LogP contribution in [0.2, 0.25) is 0 Å². The molecule has 1 heterocycles. The molecule has 2 atom stereocenters. The number of urea groups is 1. The highest BCUT2D eigenvalue weighted by atomic mass is 16.5. The summed E-state index contributed by atoms with van der Waals surface area (Å²) in [6, 6.07) is 3.73. The molecule has 1 aliphatic rings. The maximum absolute atomic E-state index is 11.8. The zero-order chi connectivity index (χ0) is 14.8. The Hall–Kier alpha value is -2.03. The van der Waals surface area contributed by atoms with Gasteiger partial charge in [-0.1, -0.05) is 25.9 Å². The average Bonchev–Trinajstić information content (AvgIpc) is 2.97. The summed E-state index contributed by atoms with van der Waals surface area (Å²) in [6.07, 6.45) is 2.41. The molecule has 2 unspecified atom stereocenters. The fraction of sp³-hybridized carbons (Fsp3) is 0.643. The number of aromatic nitrogens is 1. The summed E-state index contributed by atoms with van der Waals surface area (Å²) in [5, 5.41) is 18.2. The lowest BCUT2D eigenvalue weighted by molar-refractivity contribution is 0.248. The highest BCUT2D eigenvalue weighted by Crippen LogP contribution is 2.26. The first kappa shape index (κ1) is 14.4. The molecule has 0 saturated heterocycles. The van der Waals surface area contributed by atoms with Gasteiger partial charge in [0.25, 0.3) is 0 Å². The van der Waals surface area contributed by atoms with Crippen molar-refractivity contribution in [2.75, 3.05) is 5.32 Å². The van der Waals surface area contributed by atoms with Crippen molar-refractivity contribution in [1.82, 2.24) is 10.5 Å². The first-order valence-corrected chi connectivity index (χ1v) is 6.83. The van der Waals surface area contributed by atoms with Gasteiger partial charge in [0.15, 0.2) is 5.82 Å². The molecule has 0 bridgehead atoms. The topological polar surface area (TPSA) is 91.0 Å². The summed E-state index contributed by atoms with van der Waals surface area (Å²) in [4.78, 5) is 11.8. The molecule has 1 saturated carbocycles. The van der Waals surface area contributed by atoms with Crippen LogP contribution in [0.15, 0.2) is 10.6 Å². The maximum atomic E-state index is 11.8. The molecule has 1 aromatic rings. The first-order chi connectivity index (χ1) is 9.38. The summed E-state index contributed by atoms with van der Waals surface area (Å²) < 4.78 is 5.20. The van der Waals surface area contributed by atoms with E-state index in [2.05, 4.69) is 21.9 Å². The largest absolute Gasteiger partial charge is 0.359 e. The first-order valence-electron chi connectivity index (χ1n) is 6.83. The number of carbonyl (C=O) groups excluding carboxylic acids is 1. The zero-order valence-electron chi connectivity index (χ0n) is 12.1. The van der Waals surface area contributed by atoms with Gasteiger partial charge in [-0.2, -0.15) is 5.26 Å². The van der Waals surface area contributed by atoms with Crippen LogP contribution in [-0.2, 0) is 5.41 Å². The van der Waals surface area contributed by atoms with Crippen LogP contribution in [0.1, 0.15) is 45.8 Å². The van der Waals surface area contributed by atoms with Crippen molar-refractivity contribution in [1.29, 1.82) is 5.26 Å². The summed E-state index contributed by atoms with van der Waals surface area (Å²) in [5.74, 6) is 1.18. The lowest BCUT2D eigenvalue weighted by Crippen LogP contribution is -2.36. The lowest BCUT2D eigenvalue weighted by atomic mass is 9.93. The van der Waals surface area contributed by atoms with E-state index in [0.29, 0.717) is 5.82 Å². The van der Waals surface area contributed by atoms with E-state index in [4.69, 9.17) is 9.78 Å². The minimum absolute atomic E-state index is 0.0554. The second-order valence-electron chi connectivity index (χ2n) is 6.26. The summed E-state index contributed by atoms with van der Waals surface area (Å²) in [7, 11) is 0. The molecule has 0 spiro atoms. The fourth-order valence-corrected chi connectivity index (χ4v) is 2.26. The number of amides is 2. The molecular formula is C14H20N4O2. The molecule has 1 aromatic heterocycles. The van der Waals surface area contributed by atoms with Crippen LogP contribution in [0.3, 0.4) is 0 Å². The minimum Gasteiger partial charge on any atom is -0.359 e. The van der Waals surface area contributed by atoms with Crippen LogP contribution in [-0.4, -0.2) is 17.2 Å². The number of rotatable bonds is 2. The van der Waals surface area contributed by atoms with Gasteiger partial charge in [0, 0.05) is 23.4 Å². The van der Waals surface area contributed by atoms with Crippen LogP contribution in [0, 0.1) is 17.2 Å². The second kappa shape index (κ2) is 5.53. The standard InChI is InChI=1S/C14H20N4O2/c1-14(2,3)11-7-12(18-20-11)17-13(19)16-10-5-4-9(6-10)8-15/h7,9-10H,4-6H2,1-3H3,(H2,16,17,18,19). The van der Waals surface area contributed by atoms with Gasteiger partial charge >= 0.3 is 6.03 Å². The monoisotopic (exact) mass is 276 g/mol. The molecule has 108 valence electrons. The smallest absolute Gasteiger partial charge is 0.320 e. The highest BCUT2D eigenvalue weighted by molar-refractivity contribution is 5.88. The van der Waals surface area contributed by atoms with Gasteiger partial charge in [0.1, 0.15) is 5.76 Å². The van der Waals surface area contributed by atoms with Crippen molar-refractivity contribution in [3.8, 4) is 6.07 Å². The predicted octanol–water partition coefficient (Wildman–Crippen LogP) is 2.79. The predicted molar refractivity (Wildman–Crippen MR) is 74.1 cm³/mol. The fourth-order valence-electron chi connectivity index (χ4n) is 2.26. The third-order valence-corrected chi connectivity index (χ3v) is 3.44. The SMILES string of the molecule is CC(C)(C)c1cc(NC(=O)NC2CCC(C#N)C2)no1. The van der Waals surface area contributed by atoms with Gasteiger partial charge in [0.2, 0.25) is 0 Å². The van der Waals surface area contributed by atoms with Gasteiger partial charge in [-0.3, -0.25) is 5.32 Å². The Kier molecular flexibility index (Phi) is 3.98. The number of nitrogens with one attached hydrogen (secondary N) is 2. The molecule has 6 nitrogen and oxygen atoms in total. The van der Waals surface area contributed by atoms with E-state index >= 15 is 0 Å². The molecule has 20 heavy (non-hydrogen) atoms. The van der Waals surface area contributed by atoms with Gasteiger partial charge in [0.05, 0.1) is 6.07 Å². The number of hydrogen-bond donors (Lipinski definition) is 2. The Labute approximate surface area is 118 Å². The number of nitrogens with zero attached hydrogens (tertiary/aromatic N) is 2. The van der Waals surface area contributed by atoms with Gasteiger partial charge < -0.3 is 9.84 Å². The van der Waals surface area contributed by atoms with E-state index in [1.54, 1.807) is 6.07 Å². The molecule has 1 fully saturated rings. The Morgan fingerprint density at radius 3 is 2.80 bits per heavy atom. The van der Waals surface area contributed by atoms with Crippen molar-refractivity contribution < 1.29 is 9.32 Å². The number of hydrogen-bond acceptors (Lipinski definition) is 4. The second-order valence-corrected chi connectivity index (χ2v) is 6.26. The third-order valence-electron chi connectivity index (χ3n) is 3.44. The van der Waals surface area contributed by atoms with Gasteiger partial charge in [-0.25, -0.2) is 4.79 Å². The molecule has 2 amide bonds. The Bertz CT molecular complexity index is 524. The molecule has 0 aromatic carbocycles. The van der Waals surface area contributed by atoms with E-state index in [1.165, 1.54) is 0 Å². The van der Waals surface area contributed by atoms with Gasteiger partial charge in [-0.15, -0.1) is 0 Å². The molecule has 2 N–H and O–H groups in total. The van der Waals surface area contributed by atoms with E-state index in [-0.39, 0.29) is 23.4 Å². The van der Waals surface area contributed by atoms with Crippen LogP contribution in [0.25, 0.3) is 0 Å². The number of carbonyl (C=O) groups is 1. The van der Waals surface area contributed by atoms with Crippen molar-refractivity contribution in [2.24, 2.45) is 5.92 Å². The third kappa shape index (κ3) is 3.50. The normalized spacial score (nSPS) is 22.3. The van der Waals surface area contributed by atoms with Crippen molar-refractivity contribution in [3.05, 3.63) is 11.8 Å². The molecule has 0 radical (unpaired) electrons. The lowest BCUT2D eigenvalue weighted by Gasteiger charge is -2.12. The van der Waals surface area contributed by atoms with E-state index in [9.17, 15) is 4.79 Å². The summed E-state index contributed by atoms with van der Waals surface area (Å²) in [6.45, 7) is 6.04. The summed E-state index contributed by atoms with van der Waals surface area (Å²) >= 11 is 0. The van der Waals surface area contributed by atoms with Crippen LogP contribution in [0.4, 0.5) is 10.6 Å². The van der Waals surface area contributed by atoms with E-state index < -0.39 is 0 Å². The minimum atomic E-state index is -0.303. The Balaban J connectivity index is 1.86. The summed E-state index contributed by atoms with van der Waals surface area (Å²) in [5.41, 5.74) is -0.144. The molecule has 2 rings (SSSR count).